The first kappa shape index (κ1) is 13.6. The van der Waals surface area contributed by atoms with Crippen LogP contribution in [0.3, 0.4) is 0 Å². The van der Waals surface area contributed by atoms with Crippen LogP contribution in [0.1, 0.15) is 5.56 Å². The first-order valence-corrected chi connectivity index (χ1v) is 5.15. The maximum absolute atomic E-state index is 11.5. The lowest BCUT2D eigenvalue weighted by atomic mass is 10.1. The van der Waals surface area contributed by atoms with Gasteiger partial charge in [0, 0.05) is 10.5 Å². The number of azide groups is 1. The van der Waals surface area contributed by atoms with E-state index in [4.69, 9.17) is 10.3 Å². The van der Waals surface area contributed by atoms with Crippen molar-refractivity contribution >= 4 is 12.0 Å². The number of esters is 1. The molecule has 0 fully saturated rings. The molecular weight excluding hydrogens is 234 g/mol. The second-order valence-electron chi connectivity index (χ2n) is 3.33. The second-order valence-corrected chi connectivity index (χ2v) is 3.33. The lowest BCUT2D eigenvalue weighted by molar-refractivity contribution is -0.136. The van der Waals surface area contributed by atoms with Gasteiger partial charge in [-0.3, -0.25) is 0 Å². The van der Waals surface area contributed by atoms with E-state index in [0.29, 0.717) is 5.75 Å². The van der Waals surface area contributed by atoms with Gasteiger partial charge in [0.2, 0.25) is 0 Å². The summed E-state index contributed by atoms with van der Waals surface area (Å²) in [5.74, 6) is 0.155. The fourth-order valence-electron chi connectivity index (χ4n) is 1.34. The summed E-state index contributed by atoms with van der Waals surface area (Å²) in [6.45, 7) is -0.0552. The molecular formula is C12H13N3O3. The average Bonchev–Trinajstić information content (AvgIpc) is 2.42. The van der Waals surface area contributed by atoms with Crippen LogP contribution >= 0.6 is 0 Å². The zero-order valence-corrected chi connectivity index (χ0v) is 10.2. The lowest BCUT2D eigenvalue weighted by Gasteiger charge is -2.04. The number of rotatable bonds is 5. The van der Waals surface area contributed by atoms with Crippen LogP contribution in [-0.2, 0) is 9.53 Å². The summed E-state index contributed by atoms with van der Waals surface area (Å²) in [6, 6.07) is 7.16. The van der Waals surface area contributed by atoms with Crippen molar-refractivity contribution in [1.29, 1.82) is 0 Å². The summed E-state index contributed by atoms with van der Waals surface area (Å²) in [5.41, 5.74) is 9.32. The van der Waals surface area contributed by atoms with Crippen LogP contribution < -0.4 is 4.74 Å². The van der Waals surface area contributed by atoms with Gasteiger partial charge in [-0.25, -0.2) is 4.79 Å². The molecule has 0 aromatic heterocycles. The highest BCUT2D eigenvalue weighted by Gasteiger charge is 2.08. The Morgan fingerprint density at radius 2 is 2.28 bits per heavy atom. The molecule has 1 aromatic rings. The van der Waals surface area contributed by atoms with Crippen LogP contribution in [0.2, 0.25) is 0 Å². The standard InChI is InChI=1S/C12H13N3O3/c1-17-11-5-3-4-9(7-11)6-10(8-14-15-13)12(16)18-2/h3-7H,8H2,1-2H3/b10-6+. The second kappa shape index (κ2) is 6.98. The molecule has 0 atom stereocenters. The van der Waals surface area contributed by atoms with E-state index in [2.05, 4.69) is 14.8 Å². The number of nitrogens with zero attached hydrogens (tertiary/aromatic N) is 3. The van der Waals surface area contributed by atoms with E-state index in [1.807, 2.05) is 6.07 Å². The summed E-state index contributed by atoms with van der Waals surface area (Å²) in [7, 11) is 2.84. The van der Waals surface area contributed by atoms with Crippen LogP contribution in [0.4, 0.5) is 0 Å². The molecule has 6 heteroatoms. The van der Waals surface area contributed by atoms with E-state index in [-0.39, 0.29) is 12.1 Å². The van der Waals surface area contributed by atoms with Gasteiger partial charge in [-0.2, -0.15) is 0 Å². The van der Waals surface area contributed by atoms with E-state index in [1.54, 1.807) is 31.4 Å². The van der Waals surface area contributed by atoms with Crippen LogP contribution in [0, 0.1) is 0 Å². The first-order chi connectivity index (χ1) is 8.71. The minimum atomic E-state index is -0.523. The van der Waals surface area contributed by atoms with Crippen LogP contribution in [0.5, 0.6) is 5.75 Å². The molecule has 0 spiro atoms. The van der Waals surface area contributed by atoms with Gasteiger partial charge in [-0.15, -0.1) is 0 Å². The van der Waals surface area contributed by atoms with Gasteiger partial charge in [0.1, 0.15) is 5.75 Å². The van der Waals surface area contributed by atoms with E-state index < -0.39 is 5.97 Å². The number of methoxy groups -OCH3 is 2. The smallest absolute Gasteiger partial charge is 0.333 e. The Labute approximate surface area is 104 Å². The monoisotopic (exact) mass is 247 g/mol. The van der Waals surface area contributed by atoms with Crippen molar-refractivity contribution in [2.75, 3.05) is 20.8 Å². The molecule has 0 heterocycles. The maximum atomic E-state index is 11.5. The Hall–Kier alpha value is -2.46. The third kappa shape index (κ3) is 3.84. The number of hydrogen-bond acceptors (Lipinski definition) is 4. The fraction of sp³-hybridized carbons (Fsp3) is 0.250. The molecule has 1 aromatic carbocycles. The van der Waals surface area contributed by atoms with Crippen LogP contribution in [-0.4, -0.2) is 26.7 Å². The van der Waals surface area contributed by atoms with Gasteiger partial charge in [0.15, 0.2) is 0 Å². The van der Waals surface area contributed by atoms with Gasteiger partial charge in [-0.05, 0) is 29.3 Å². The SMILES string of the molecule is COC(=O)/C(=C/c1cccc(OC)c1)CN=[N+]=[N-]. The quantitative estimate of drug-likeness (QED) is 0.263. The van der Waals surface area contributed by atoms with Gasteiger partial charge >= 0.3 is 5.97 Å². The predicted octanol–water partition coefficient (Wildman–Crippen LogP) is 2.56. The van der Waals surface area contributed by atoms with Crippen molar-refractivity contribution in [1.82, 2.24) is 0 Å². The van der Waals surface area contributed by atoms with Crippen molar-refractivity contribution in [3.05, 3.63) is 45.8 Å². The van der Waals surface area contributed by atoms with Crippen molar-refractivity contribution in [2.24, 2.45) is 5.11 Å². The molecule has 0 amide bonds. The third-order valence-corrected chi connectivity index (χ3v) is 2.19. The van der Waals surface area contributed by atoms with E-state index >= 15 is 0 Å². The Morgan fingerprint density at radius 3 is 2.89 bits per heavy atom. The number of ether oxygens (including phenoxy) is 2. The molecule has 94 valence electrons. The Morgan fingerprint density at radius 1 is 1.50 bits per heavy atom. The van der Waals surface area contributed by atoms with Crippen molar-refractivity contribution < 1.29 is 14.3 Å². The summed E-state index contributed by atoms with van der Waals surface area (Å²) in [6.07, 6.45) is 1.60. The summed E-state index contributed by atoms with van der Waals surface area (Å²) >= 11 is 0. The summed E-state index contributed by atoms with van der Waals surface area (Å²) in [4.78, 5) is 14.1. The number of hydrogen-bond donors (Lipinski definition) is 0. The van der Waals surface area contributed by atoms with E-state index in [1.165, 1.54) is 7.11 Å². The third-order valence-electron chi connectivity index (χ3n) is 2.19. The predicted molar refractivity (Wildman–Crippen MR) is 67.0 cm³/mol. The zero-order chi connectivity index (χ0) is 13.4. The average molecular weight is 247 g/mol. The summed E-state index contributed by atoms with van der Waals surface area (Å²) in [5, 5.41) is 3.36. The normalized spacial score (nSPS) is 10.4. The molecule has 0 aliphatic heterocycles. The maximum Gasteiger partial charge on any atom is 0.333 e. The topological polar surface area (TPSA) is 84.3 Å². The molecule has 0 N–H and O–H groups in total. The van der Waals surface area contributed by atoms with Gasteiger partial charge < -0.3 is 9.47 Å². The Balaban J connectivity index is 3.05. The number of carbonyl (C=O) groups is 1. The number of carbonyl (C=O) groups excluding carboxylic acids is 1. The molecule has 18 heavy (non-hydrogen) atoms. The lowest BCUT2D eigenvalue weighted by Crippen LogP contribution is -2.07. The van der Waals surface area contributed by atoms with Crippen LogP contribution in [0.25, 0.3) is 16.5 Å². The minimum absolute atomic E-state index is 0.0552. The van der Waals surface area contributed by atoms with Gasteiger partial charge in [-0.1, -0.05) is 17.2 Å². The largest absolute Gasteiger partial charge is 0.497 e. The van der Waals surface area contributed by atoms with Crippen molar-refractivity contribution in [3.63, 3.8) is 0 Å². The highest BCUT2D eigenvalue weighted by atomic mass is 16.5. The molecule has 0 unspecified atom stereocenters. The van der Waals surface area contributed by atoms with Crippen molar-refractivity contribution in [2.45, 2.75) is 0 Å². The molecule has 0 bridgehead atoms. The van der Waals surface area contributed by atoms with Gasteiger partial charge in [0.05, 0.1) is 20.8 Å². The molecule has 6 nitrogen and oxygen atoms in total. The fourth-order valence-corrected chi connectivity index (χ4v) is 1.34. The molecule has 0 saturated carbocycles. The van der Waals surface area contributed by atoms with Gasteiger partial charge in [0.25, 0.3) is 0 Å². The highest BCUT2D eigenvalue weighted by molar-refractivity contribution is 5.94. The zero-order valence-electron chi connectivity index (χ0n) is 10.2. The number of benzene rings is 1. The Kier molecular flexibility index (Phi) is 5.28. The van der Waals surface area contributed by atoms with E-state index in [9.17, 15) is 4.79 Å². The summed E-state index contributed by atoms with van der Waals surface area (Å²) < 4.78 is 9.69. The molecule has 0 saturated heterocycles. The van der Waals surface area contributed by atoms with E-state index in [0.717, 1.165) is 5.56 Å². The van der Waals surface area contributed by atoms with Crippen molar-refractivity contribution in [3.8, 4) is 5.75 Å². The molecule has 0 aliphatic rings. The molecule has 0 radical (unpaired) electrons. The molecule has 0 aliphatic carbocycles. The highest BCUT2D eigenvalue weighted by Crippen LogP contribution is 2.16. The Bertz CT molecular complexity index is 505. The van der Waals surface area contributed by atoms with Crippen LogP contribution in [0.15, 0.2) is 35.0 Å². The first-order valence-electron chi connectivity index (χ1n) is 5.15. The molecule has 1 rings (SSSR count). The minimum Gasteiger partial charge on any atom is -0.497 e.